The lowest BCUT2D eigenvalue weighted by molar-refractivity contribution is 1.58. The Hall–Kier alpha value is -6.76. The summed E-state index contributed by atoms with van der Waals surface area (Å²) in [6.07, 6.45) is 0. The molecule has 52 heavy (non-hydrogen) atoms. The van der Waals surface area contributed by atoms with Crippen molar-refractivity contribution in [3.8, 4) is 55.6 Å². The van der Waals surface area contributed by atoms with E-state index in [1.54, 1.807) is 0 Å². The highest BCUT2D eigenvalue weighted by Gasteiger charge is 2.18. The predicted molar refractivity (Wildman–Crippen MR) is 224 cm³/mol. The molecule has 10 aromatic rings. The molecular weight excluding hydrogens is 625 g/mol. The monoisotopic (exact) mass is 658 g/mol. The van der Waals surface area contributed by atoms with Gasteiger partial charge in [0.2, 0.25) is 0 Å². The molecule has 0 saturated heterocycles. The first-order chi connectivity index (χ1) is 25.8. The molecule has 0 aliphatic heterocycles. The predicted octanol–water partition coefficient (Wildman–Crippen LogP) is 14.6. The fourth-order valence-electron chi connectivity index (χ4n) is 8.25. The topological polar surface area (TPSA) is 0 Å². The van der Waals surface area contributed by atoms with Gasteiger partial charge < -0.3 is 0 Å². The number of fused-ring (bicyclic) bond motifs is 5. The minimum atomic E-state index is 1.21. The summed E-state index contributed by atoms with van der Waals surface area (Å²) in [5.41, 5.74) is 12.3. The van der Waals surface area contributed by atoms with Crippen LogP contribution < -0.4 is 0 Å². The van der Waals surface area contributed by atoms with Gasteiger partial charge in [-0.25, -0.2) is 0 Å². The number of benzene rings is 10. The van der Waals surface area contributed by atoms with Crippen LogP contribution in [0.4, 0.5) is 0 Å². The lowest BCUT2D eigenvalue weighted by Crippen LogP contribution is -1.92. The van der Waals surface area contributed by atoms with Gasteiger partial charge in [0.1, 0.15) is 0 Å². The summed E-state index contributed by atoms with van der Waals surface area (Å²) in [5.74, 6) is 0. The van der Waals surface area contributed by atoms with E-state index in [2.05, 4.69) is 206 Å². The van der Waals surface area contributed by atoms with Crippen molar-refractivity contribution in [1.29, 1.82) is 0 Å². The lowest BCUT2D eigenvalue weighted by atomic mass is 9.84. The van der Waals surface area contributed by atoms with Crippen molar-refractivity contribution >= 4 is 43.1 Å². The quantitative estimate of drug-likeness (QED) is 0.128. The van der Waals surface area contributed by atoms with Crippen molar-refractivity contribution in [2.24, 2.45) is 0 Å². The highest BCUT2D eigenvalue weighted by molar-refractivity contribution is 6.22. The molecule has 0 fully saturated rings. The molecule has 10 aromatic carbocycles. The van der Waals surface area contributed by atoms with Crippen molar-refractivity contribution < 1.29 is 0 Å². The van der Waals surface area contributed by atoms with Gasteiger partial charge in [-0.1, -0.05) is 182 Å². The first-order valence-electron chi connectivity index (χ1n) is 18.0. The fraction of sp³-hybridized carbons (Fsp3) is 0. The molecule has 10 rings (SSSR count). The van der Waals surface area contributed by atoms with E-state index in [9.17, 15) is 0 Å². The third-order valence-corrected chi connectivity index (χ3v) is 10.6. The number of rotatable bonds is 5. The van der Waals surface area contributed by atoms with Gasteiger partial charge in [0.15, 0.2) is 0 Å². The maximum absolute atomic E-state index is 2.39. The van der Waals surface area contributed by atoms with E-state index >= 15 is 0 Å². The average Bonchev–Trinajstić information content (AvgIpc) is 3.23. The lowest BCUT2D eigenvalue weighted by Gasteiger charge is -2.19. The smallest absolute Gasteiger partial charge is 0.00262 e. The zero-order valence-corrected chi connectivity index (χ0v) is 28.6. The van der Waals surface area contributed by atoms with Crippen LogP contribution in [0.5, 0.6) is 0 Å². The van der Waals surface area contributed by atoms with Crippen LogP contribution in [-0.4, -0.2) is 0 Å². The first-order valence-corrected chi connectivity index (χ1v) is 18.0. The summed E-state index contributed by atoms with van der Waals surface area (Å²) in [6.45, 7) is 0. The molecular formula is C52H34. The molecule has 0 saturated carbocycles. The van der Waals surface area contributed by atoms with Gasteiger partial charge in [0.05, 0.1) is 0 Å². The van der Waals surface area contributed by atoms with E-state index in [0.29, 0.717) is 0 Å². The molecule has 0 nitrogen and oxygen atoms in total. The van der Waals surface area contributed by atoms with Gasteiger partial charge in [-0.15, -0.1) is 0 Å². The molecule has 0 N–H and O–H groups in total. The maximum Gasteiger partial charge on any atom is -0.00262 e. The van der Waals surface area contributed by atoms with Crippen molar-refractivity contribution in [2.45, 2.75) is 0 Å². The Labute approximate surface area is 303 Å². The third-order valence-electron chi connectivity index (χ3n) is 10.6. The van der Waals surface area contributed by atoms with Crippen molar-refractivity contribution in [3.05, 3.63) is 206 Å². The Bertz CT molecular complexity index is 2890. The van der Waals surface area contributed by atoms with Crippen LogP contribution in [0.15, 0.2) is 206 Å². The average molecular weight is 659 g/mol. The van der Waals surface area contributed by atoms with Crippen molar-refractivity contribution in [3.63, 3.8) is 0 Å². The molecule has 0 aliphatic carbocycles. The zero-order chi connectivity index (χ0) is 34.4. The van der Waals surface area contributed by atoms with E-state index in [4.69, 9.17) is 0 Å². The van der Waals surface area contributed by atoms with Crippen molar-refractivity contribution in [2.75, 3.05) is 0 Å². The van der Waals surface area contributed by atoms with Gasteiger partial charge >= 0.3 is 0 Å². The highest BCUT2D eigenvalue weighted by Crippen LogP contribution is 2.45. The van der Waals surface area contributed by atoms with Gasteiger partial charge in [0.25, 0.3) is 0 Å². The van der Waals surface area contributed by atoms with Gasteiger partial charge in [0, 0.05) is 0 Å². The summed E-state index contributed by atoms with van der Waals surface area (Å²) in [7, 11) is 0. The molecule has 0 spiro atoms. The Balaban J connectivity index is 1.16. The van der Waals surface area contributed by atoms with E-state index in [1.807, 2.05) is 0 Å². The summed E-state index contributed by atoms with van der Waals surface area (Å²) in [4.78, 5) is 0. The summed E-state index contributed by atoms with van der Waals surface area (Å²) in [6, 6.07) is 75.5. The molecule has 0 bridgehead atoms. The van der Waals surface area contributed by atoms with E-state index < -0.39 is 0 Å². The van der Waals surface area contributed by atoms with Crippen LogP contribution in [0.1, 0.15) is 0 Å². The van der Waals surface area contributed by atoms with Crippen LogP contribution in [0.2, 0.25) is 0 Å². The minimum Gasteiger partial charge on any atom is -0.0622 e. The number of hydrogen-bond acceptors (Lipinski definition) is 0. The van der Waals surface area contributed by atoms with Gasteiger partial charge in [-0.2, -0.15) is 0 Å². The second-order valence-electron chi connectivity index (χ2n) is 13.6. The van der Waals surface area contributed by atoms with Crippen LogP contribution in [0, 0.1) is 0 Å². The van der Waals surface area contributed by atoms with Crippen LogP contribution >= 0.6 is 0 Å². The minimum absolute atomic E-state index is 1.21. The molecule has 0 atom stereocenters. The molecule has 0 aliphatic rings. The van der Waals surface area contributed by atoms with Gasteiger partial charge in [-0.3, -0.25) is 0 Å². The SMILES string of the molecule is c1ccc(-c2cccc(-c3cccc(-c4c5ccccc5c(-c5cccc(-c6cc7ccccc7c7ccccc67)c5)c5ccccc45)c3)c2)cc1. The van der Waals surface area contributed by atoms with Gasteiger partial charge in [-0.05, 0) is 123 Å². The summed E-state index contributed by atoms with van der Waals surface area (Å²) >= 11 is 0. The Morgan fingerprint density at radius 2 is 0.558 bits per heavy atom. The van der Waals surface area contributed by atoms with Crippen molar-refractivity contribution in [1.82, 2.24) is 0 Å². The number of hydrogen-bond donors (Lipinski definition) is 0. The molecule has 0 amide bonds. The van der Waals surface area contributed by atoms with E-state index in [-0.39, 0.29) is 0 Å². The molecule has 0 unspecified atom stereocenters. The molecule has 242 valence electrons. The van der Waals surface area contributed by atoms with Crippen LogP contribution in [-0.2, 0) is 0 Å². The van der Waals surface area contributed by atoms with E-state index in [0.717, 1.165) is 0 Å². The third kappa shape index (κ3) is 5.08. The highest BCUT2D eigenvalue weighted by atomic mass is 14.2. The van der Waals surface area contributed by atoms with Crippen LogP contribution in [0.3, 0.4) is 0 Å². The fourth-order valence-corrected chi connectivity index (χ4v) is 8.25. The Kier molecular flexibility index (Phi) is 7.25. The largest absolute Gasteiger partial charge is 0.0622 e. The normalized spacial score (nSPS) is 11.5. The Morgan fingerprint density at radius 1 is 0.192 bits per heavy atom. The summed E-state index contributed by atoms with van der Waals surface area (Å²) in [5, 5.41) is 10.1. The second kappa shape index (κ2) is 12.5. The summed E-state index contributed by atoms with van der Waals surface area (Å²) < 4.78 is 0. The zero-order valence-electron chi connectivity index (χ0n) is 28.6. The second-order valence-corrected chi connectivity index (χ2v) is 13.6. The molecule has 0 aromatic heterocycles. The van der Waals surface area contributed by atoms with E-state index in [1.165, 1.54) is 98.7 Å². The molecule has 0 heterocycles. The first kappa shape index (κ1) is 30.1. The Morgan fingerprint density at radius 3 is 1.13 bits per heavy atom. The van der Waals surface area contributed by atoms with Crippen LogP contribution in [0.25, 0.3) is 98.7 Å². The maximum atomic E-state index is 2.39. The molecule has 0 radical (unpaired) electrons. The molecule has 0 heteroatoms. The standard InChI is InChI=1S/C52H34/c1-2-15-35(16-3-1)36-18-12-19-37(31-36)38-20-13-22-41(32-38)51-46-27-8-10-29-48(46)52(49-30-11-9-28-47(49)51)42-23-14-21-39(33-42)50-34-40-17-4-5-24-43(40)44-25-6-7-26-45(44)50/h1-34H.